The Bertz CT molecular complexity index is 995. The van der Waals surface area contributed by atoms with Crippen LogP contribution in [0.5, 0.6) is 0 Å². The van der Waals surface area contributed by atoms with Crippen LogP contribution in [0.1, 0.15) is 59.5 Å². The van der Waals surface area contributed by atoms with Crippen LogP contribution in [0.25, 0.3) is 0 Å². The Balaban J connectivity index is 1.60. The smallest absolute Gasteiger partial charge is 0.249 e. The molecule has 0 aromatic carbocycles. The fourth-order valence-electron chi connectivity index (χ4n) is 3.64. The first-order chi connectivity index (χ1) is 14.8. The first-order valence-electron chi connectivity index (χ1n) is 11.2. The predicted octanol–water partition coefficient (Wildman–Crippen LogP) is 2.19. The number of nitrogens with zero attached hydrogens (tertiary/aromatic N) is 7. The minimum Gasteiger partial charge on any atom is -0.354 e. The van der Waals surface area contributed by atoms with Crippen molar-refractivity contribution < 1.29 is 8.42 Å². The van der Waals surface area contributed by atoms with Gasteiger partial charge < -0.3 is 9.47 Å². The number of aryl methyl sites for hydroxylation is 1. The van der Waals surface area contributed by atoms with Crippen LogP contribution in [0.3, 0.4) is 0 Å². The van der Waals surface area contributed by atoms with Crippen molar-refractivity contribution in [3.63, 3.8) is 0 Å². The van der Waals surface area contributed by atoms with E-state index in [4.69, 9.17) is 9.97 Å². The highest BCUT2D eigenvalue weighted by Gasteiger charge is 2.27. The van der Waals surface area contributed by atoms with Gasteiger partial charge in [-0.15, -0.1) is 10.2 Å². The lowest BCUT2D eigenvalue weighted by atomic mass is 9.90. The molecule has 3 rings (SSSR count). The van der Waals surface area contributed by atoms with E-state index in [9.17, 15) is 8.42 Å². The molecule has 1 aliphatic heterocycles. The minimum atomic E-state index is -3.40. The van der Waals surface area contributed by atoms with Crippen LogP contribution < -0.4 is 4.90 Å². The van der Waals surface area contributed by atoms with Gasteiger partial charge in [0.25, 0.3) is 0 Å². The average Bonchev–Trinajstić information content (AvgIpc) is 3.14. The molecule has 2 aromatic heterocycles. The van der Waals surface area contributed by atoms with Crippen molar-refractivity contribution in [1.82, 2.24) is 29.6 Å². The third-order valence-corrected chi connectivity index (χ3v) is 7.44. The molecule has 178 valence electrons. The zero-order valence-corrected chi connectivity index (χ0v) is 21.3. The van der Waals surface area contributed by atoms with Gasteiger partial charge in [0.2, 0.25) is 15.0 Å². The summed E-state index contributed by atoms with van der Waals surface area (Å²) in [6, 6.07) is 2.12. The molecule has 10 heteroatoms. The molecule has 3 heterocycles. The second kappa shape index (κ2) is 9.05. The molecule has 0 aliphatic carbocycles. The maximum atomic E-state index is 12.5. The Hall–Kier alpha value is -2.07. The lowest BCUT2D eigenvalue weighted by Gasteiger charge is -2.36. The van der Waals surface area contributed by atoms with Gasteiger partial charge in [-0.05, 0) is 13.0 Å². The highest BCUT2D eigenvalue weighted by atomic mass is 32.2. The van der Waals surface area contributed by atoms with E-state index in [1.54, 1.807) is 7.05 Å². The van der Waals surface area contributed by atoms with Crippen LogP contribution in [-0.4, -0.2) is 76.5 Å². The quantitative estimate of drug-likeness (QED) is 0.643. The third kappa shape index (κ3) is 5.83. The maximum Gasteiger partial charge on any atom is 0.249 e. The summed E-state index contributed by atoms with van der Waals surface area (Å²) in [4.78, 5) is 14.4. The Kier molecular flexibility index (Phi) is 6.95. The molecular formula is C22H37N7O2S. The second-order valence-corrected chi connectivity index (χ2v) is 12.7. The number of sulfone groups is 1. The third-order valence-electron chi connectivity index (χ3n) is 5.68. The summed E-state index contributed by atoms with van der Waals surface area (Å²) in [6.45, 7) is 17.2. The standard InChI is InChI=1S/C22H37N7O2S/c1-21(2,3)17-15-18(25-19(24-17)22(4,5)6)29-12-10-28(11-13-29)9-8-14-32(30,31)20-26-23-16-27(20)7/h15-16H,8-14H2,1-7H3. The van der Waals surface area contributed by atoms with Gasteiger partial charge in [0.15, 0.2) is 0 Å². The van der Waals surface area contributed by atoms with Gasteiger partial charge in [0, 0.05) is 50.1 Å². The average molecular weight is 464 g/mol. The fourth-order valence-corrected chi connectivity index (χ4v) is 4.99. The monoisotopic (exact) mass is 463 g/mol. The van der Waals surface area contributed by atoms with Gasteiger partial charge in [-0.25, -0.2) is 18.4 Å². The molecule has 0 unspecified atom stereocenters. The number of anilines is 1. The molecule has 1 fully saturated rings. The van der Waals surface area contributed by atoms with E-state index < -0.39 is 9.84 Å². The lowest BCUT2D eigenvalue weighted by Crippen LogP contribution is -2.47. The van der Waals surface area contributed by atoms with Crippen LogP contribution >= 0.6 is 0 Å². The van der Waals surface area contributed by atoms with Gasteiger partial charge in [-0.3, -0.25) is 4.90 Å². The molecule has 0 spiro atoms. The van der Waals surface area contributed by atoms with Crippen molar-refractivity contribution in [1.29, 1.82) is 0 Å². The Morgan fingerprint density at radius 3 is 2.16 bits per heavy atom. The number of piperazine rings is 1. The normalized spacial score (nSPS) is 16.5. The highest BCUT2D eigenvalue weighted by Crippen LogP contribution is 2.28. The zero-order chi connectivity index (χ0) is 23.7. The molecule has 0 amide bonds. The van der Waals surface area contributed by atoms with E-state index in [1.165, 1.54) is 10.9 Å². The lowest BCUT2D eigenvalue weighted by molar-refractivity contribution is 0.258. The van der Waals surface area contributed by atoms with Gasteiger partial charge >= 0.3 is 0 Å². The van der Waals surface area contributed by atoms with Crippen LogP contribution in [0, 0.1) is 0 Å². The van der Waals surface area contributed by atoms with Crippen LogP contribution in [-0.2, 0) is 27.7 Å². The van der Waals surface area contributed by atoms with Crippen LogP contribution in [0.2, 0.25) is 0 Å². The van der Waals surface area contributed by atoms with Crippen molar-refractivity contribution in [3.05, 3.63) is 23.9 Å². The summed E-state index contributed by atoms with van der Waals surface area (Å²) in [6.07, 6.45) is 1.99. The second-order valence-electron chi connectivity index (χ2n) is 10.7. The summed E-state index contributed by atoms with van der Waals surface area (Å²) in [5.41, 5.74) is 0.892. The number of hydrogen-bond acceptors (Lipinski definition) is 8. The van der Waals surface area contributed by atoms with E-state index in [2.05, 4.69) is 67.6 Å². The largest absolute Gasteiger partial charge is 0.354 e. The molecule has 1 aliphatic rings. The summed E-state index contributed by atoms with van der Waals surface area (Å²) >= 11 is 0. The Labute approximate surface area is 192 Å². The summed E-state index contributed by atoms with van der Waals surface area (Å²) < 4.78 is 26.4. The first-order valence-corrected chi connectivity index (χ1v) is 12.9. The van der Waals surface area contributed by atoms with E-state index >= 15 is 0 Å². The summed E-state index contributed by atoms with van der Waals surface area (Å²) in [5.74, 6) is 1.94. The van der Waals surface area contributed by atoms with E-state index in [0.29, 0.717) is 6.42 Å². The van der Waals surface area contributed by atoms with E-state index in [1.807, 2.05) is 0 Å². The number of aromatic nitrogens is 5. The van der Waals surface area contributed by atoms with Crippen LogP contribution in [0.15, 0.2) is 17.6 Å². The number of hydrogen-bond donors (Lipinski definition) is 0. The van der Waals surface area contributed by atoms with Crippen molar-refractivity contribution in [2.24, 2.45) is 7.05 Å². The molecule has 0 radical (unpaired) electrons. The predicted molar refractivity (Wildman–Crippen MR) is 126 cm³/mol. The molecule has 0 atom stereocenters. The SMILES string of the molecule is Cn1cnnc1S(=O)(=O)CCCN1CCN(c2cc(C(C)(C)C)nc(C(C)(C)C)n2)CC1. The molecule has 2 aromatic rings. The fraction of sp³-hybridized carbons (Fsp3) is 0.727. The van der Waals surface area contributed by atoms with E-state index in [0.717, 1.165) is 50.1 Å². The van der Waals surface area contributed by atoms with Gasteiger partial charge in [0.05, 0.1) is 11.4 Å². The molecule has 0 saturated carbocycles. The van der Waals surface area contributed by atoms with Gasteiger partial charge in [0.1, 0.15) is 18.0 Å². The molecule has 1 saturated heterocycles. The van der Waals surface area contributed by atoms with Gasteiger partial charge in [-0.2, -0.15) is 0 Å². The van der Waals surface area contributed by atoms with Crippen molar-refractivity contribution >= 4 is 15.7 Å². The molecule has 32 heavy (non-hydrogen) atoms. The zero-order valence-electron chi connectivity index (χ0n) is 20.5. The Morgan fingerprint density at radius 1 is 0.969 bits per heavy atom. The topological polar surface area (TPSA) is 97.1 Å². The number of rotatable bonds is 6. The molecule has 0 N–H and O–H groups in total. The van der Waals surface area contributed by atoms with Crippen molar-refractivity contribution in [2.45, 2.75) is 63.9 Å². The van der Waals surface area contributed by atoms with Gasteiger partial charge in [-0.1, -0.05) is 41.5 Å². The van der Waals surface area contributed by atoms with Crippen LogP contribution in [0.4, 0.5) is 5.82 Å². The van der Waals surface area contributed by atoms with E-state index in [-0.39, 0.29) is 21.7 Å². The van der Waals surface area contributed by atoms with Crippen molar-refractivity contribution in [2.75, 3.05) is 43.4 Å². The molecule has 0 bridgehead atoms. The summed E-state index contributed by atoms with van der Waals surface area (Å²) in [5, 5.41) is 7.45. The first kappa shape index (κ1) is 24.6. The highest BCUT2D eigenvalue weighted by molar-refractivity contribution is 7.91. The maximum absolute atomic E-state index is 12.5. The molecular weight excluding hydrogens is 426 g/mol. The minimum absolute atomic E-state index is 0.0374. The summed E-state index contributed by atoms with van der Waals surface area (Å²) in [7, 11) is -1.76. The Morgan fingerprint density at radius 2 is 1.62 bits per heavy atom. The van der Waals surface area contributed by atoms with Crippen molar-refractivity contribution in [3.8, 4) is 0 Å². The molecule has 9 nitrogen and oxygen atoms in total.